The van der Waals surface area contributed by atoms with E-state index in [4.69, 9.17) is 23.2 Å². The van der Waals surface area contributed by atoms with Crippen LogP contribution in [0.5, 0.6) is 0 Å². The highest BCUT2D eigenvalue weighted by atomic mass is 79.9. The first kappa shape index (κ1) is 25.4. The van der Waals surface area contributed by atoms with Crippen LogP contribution in [0.25, 0.3) is 0 Å². The Bertz CT molecular complexity index is 936. The summed E-state index contributed by atoms with van der Waals surface area (Å²) in [5, 5.41) is 4.30. The number of carbonyl (C=O) groups excluding carboxylic acids is 2. The normalized spacial score (nSPS) is 14.9. The number of amides is 2. The number of hydrogen-bond donors (Lipinski definition) is 1. The summed E-state index contributed by atoms with van der Waals surface area (Å²) >= 11 is 17.1. The number of thioether (sulfide) groups is 1. The van der Waals surface area contributed by atoms with Gasteiger partial charge in [0.15, 0.2) is 0 Å². The number of nitrogens with zero attached hydrogens (tertiary/aromatic N) is 1. The number of benzene rings is 2. The van der Waals surface area contributed by atoms with Crippen molar-refractivity contribution < 1.29 is 9.59 Å². The molecule has 0 unspecified atom stereocenters. The number of halogens is 3. The number of carbonyl (C=O) groups is 2. The van der Waals surface area contributed by atoms with E-state index in [9.17, 15) is 9.59 Å². The molecule has 2 aromatic rings. The minimum Gasteiger partial charge on any atom is -0.352 e. The van der Waals surface area contributed by atoms with Crippen molar-refractivity contribution >= 4 is 62.7 Å². The molecule has 3 rings (SSSR count). The van der Waals surface area contributed by atoms with Crippen LogP contribution in [-0.2, 0) is 21.9 Å². The van der Waals surface area contributed by atoms with Gasteiger partial charge in [-0.25, -0.2) is 0 Å². The van der Waals surface area contributed by atoms with E-state index in [2.05, 4.69) is 21.2 Å². The molecule has 8 heteroatoms. The second-order valence-electron chi connectivity index (χ2n) is 8.04. The van der Waals surface area contributed by atoms with Gasteiger partial charge in [-0.15, -0.1) is 11.8 Å². The van der Waals surface area contributed by atoms with Crippen LogP contribution in [0.15, 0.2) is 46.9 Å². The summed E-state index contributed by atoms with van der Waals surface area (Å²) < 4.78 is 0.974. The third-order valence-corrected chi connectivity index (χ3v) is 7.72. The van der Waals surface area contributed by atoms with Gasteiger partial charge in [0.2, 0.25) is 11.8 Å². The number of nitrogens with one attached hydrogen (secondary N) is 1. The van der Waals surface area contributed by atoms with Gasteiger partial charge >= 0.3 is 0 Å². The molecule has 0 bridgehead atoms. The lowest BCUT2D eigenvalue weighted by molar-refractivity contribution is -0.138. The molecule has 1 saturated carbocycles. The zero-order valence-corrected chi connectivity index (χ0v) is 21.9. The summed E-state index contributed by atoms with van der Waals surface area (Å²) in [6.07, 6.45) is 4.31. The third kappa shape index (κ3) is 7.41. The molecule has 1 atom stereocenters. The van der Waals surface area contributed by atoms with Gasteiger partial charge in [0, 0.05) is 32.9 Å². The Kier molecular flexibility index (Phi) is 9.77. The van der Waals surface area contributed by atoms with Crippen molar-refractivity contribution in [2.24, 2.45) is 0 Å². The molecule has 0 saturated heterocycles. The van der Waals surface area contributed by atoms with Gasteiger partial charge in [0.1, 0.15) is 6.04 Å². The van der Waals surface area contributed by atoms with Gasteiger partial charge in [-0.2, -0.15) is 0 Å². The van der Waals surface area contributed by atoms with Gasteiger partial charge < -0.3 is 10.2 Å². The van der Waals surface area contributed by atoms with Crippen molar-refractivity contribution in [1.82, 2.24) is 10.2 Å². The van der Waals surface area contributed by atoms with Crippen molar-refractivity contribution in [2.45, 2.75) is 57.0 Å². The Hall–Kier alpha value is -1.21. The second kappa shape index (κ2) is 12.3. The largest absolute Gasteiger partial charge is 0.352 e. The topological polar surface area (TPSA) is 49.4 Å². The molecule has 4 nitrogen and oxygen atoms in total. The second-order valence-corrected chi connectivity index (χ2v) is 10.8. The van der Waals surface area contributed by atoms with Crippen molar-refractivity contribution in [3.63, 3.8) is 0 Å². The van der Waals surface area contributed by atoms with Crippen LogP contribution in [-0.4, -0.2) is 34.6 Å². The van der Waals surface area contributed by atoms with E-state index < -0.39 is 6.04 Å². The minimum atomic E-state index is -0.550. The molecule has 2 aromatic carbocycles. The van der Waals surface area contributed by atoms with Crippen LogP contribution in [0.3, 0.4) is 0 Å². The number of rotatable bonds is 9. The van der Waals surface area contributed by atoms with E-state index >= 15 is 0 Å². The van der Waals surface area contributed by atoms with E-state index in [1.165, 1.54) is 11.8 Å². The zero-order chi connectivity index (χ0) is 23.1. The summed E-state index contributed by atoms with van der Waals surface area (Å²) in [6, 6.07) is 12.9. The molecule has 1 aliphatic carbocycles. The molecule has 2 amide bonds. The SMILES string of the molecule is C[C@@H](C(=O)NC1CCCC1)N(Cc1ccc(Br)cc1)C(=O)CSCc1ccc(Cl)cc1Cl. The fourth-order valence-electron chi connectivity index (χ4n) is 3.73. The highest BCUT2D eigenvalue weighted by Crippen LogP contribution is 2.25. The highest BCUT2D eigenvalue weighted by Gasteiger charge is 2.28. The highest BCUT2D eigenvalue weighted by molar-refractivity contribution is 9.10. The first-order chi connectivity index (χ1) is 15.3. The maximum atomic E-state index is 13.2. The summed E-state index contributed by atoms with van der Waals surface area (Å²) in [6.45, 7) is 2.19. The molecule has 1 N–H and O–H groups in total. The lowest BCUT2D eigenvalue weighted by atomic mass is 10.1. The summed E-state index contributed by atoms with van der Waals surface area (Å²) in [7, 11) is 0. The van der Waals surface area contributed by atoms with E-state index in [1.807, 2.05) is 37.3 Å². The average Bonchev–Trinajstić information content (AvgIpc) is 3.27. The average molecular weight is 558 g/mol. The van der Waals surface area contributed by atoms with Crippen molar-refractivity contribution in [3.8, 4) is 0 Å². The lowest BCUT2D eigenvalue weighted by Gasteiger charge is -2.29. The smallest absolute Gasteiger partial charge is 0.242 e. The zero-order valence-electron chi connectivity index (χ0n) is 18.0. The Labute approximate surface area is 212 Å². The maximum Gasteiger partial charge on any atom is 0.242 e. The van der Waals surface area contributed by atoms with E-state index in [1.54, 1.807) is 17.0 Å². The molecule has 0 spiro atoms. The summed E-state index contributed by atoms with van der Waals surface area (Å²) in [4.78, 5) is 27.8. The quantitative estimate of drug-likeness (QED) is 0.384. The van der Waals surface area contributed by atoms with E-state index in [0.717, 1.165) is 41.3 Å². The van der Waals surface area contributed by atoms with Gasteiger partial charge in [0.05, 0.1) is 5.75 Å². The minimum absolute atomic E-state index is 0.0722. The Morgan fingerprint density at radius 2 is 1.84 bits per heavy atom. The van der Waals surface area contributed by atoms with Crippen LogP contribution >= 0.6 is 50.9 Å². The summed E-state index contributed by atoms with van der Waals surface area (Å²) in [5.74, 6) is 0.692. The Morgan fingerprint density at radius 3 is 2.50 bits per heavy atom. The third-order valence-electron chi connectivity index (χ3n) is 5.63. The Balaban J connectivity index is 1.66. The summed E-state index contributed by atoms with van der Waals surface area (Å²) in [5.41, 5.74) is 1.91. The molecule has 172 valence electrons. The van der Waals surface area contributed by atoms with Gasteiger partial charge in [-0.3, -0.25) is 9.59 Å². The van der Waals surface area contributed by atoms with Crippen molar-refractivity contribution in [2.75, 3.05) is 5.75 Å². The van der Waals surface area contributed by atoms with E-state index in [0.29, 0.717) is 22.3 Å². The first-order valence-electron chi connectivity index (χ1n) is 10.7. The molecule has 0 aromatic heterocycles. The molecule has 0 heterocycles. The van der Waals surface area contributed by atoms with Gasteiger partial charge in [-0.1, -0.05) is 70.2 Å². The maximum absolute atomic E-state index is 13.2. The predicted octanol–water partition coefficient (Wildman–Crippen LogP) is 6.47. The molecule has 1 aliphatic rings. The van der Waals surface area contributed by atoms with Crippen LogP contribution in [0.2, 0.25) is 10.0 Å². The van der Waals surface area contributed by atoms with Crippen LogP contribution in [0, 0.1) is 0 Å². The first-order valence-corrected chi connectivity index (χ1v) is 13.4. The monoisotopic (exact) mass is 556 g/mol. The van der Waals surface area contributed by atoms with Crippen LogP contribution < -0.4 is 5.32 Å². The standard InChI is InChI=1S/C24H27BrCl2N2O2S/c1-16(24(31)28-21-4-2-3-5-21)29(13-17-6-9-19(25)10-7-17)23(30)15-32-14-18-8-11-20(26)12-22(18)27/h6-12,16,21H,2-5,13-15H2,1H3,(H,28,31)/t16-/m0/s1. The lowest BCUT2D eigenvalue weighted by Crippen LogP contribution is -2.50. The van der Waals surface area contributed by atoms with Crippen LogP contribution in [0.1, 0.15) is 43.7 Å². The fraction of sp³-hybridized carbons (Fsp3) is 0.417. The predicted molar refractivity (Wildman–Crippen MR) is 137 cm³/mol. The molecule has 0 aliphatic heterocycles. The molecular weight excluding hydrogens is 531 g/mol. The van der Waals surface area contributed by atoms with Gasteiger partial charge in [0.25, 0.3) is 0 Å². The fourth-order valence-corrected chi connectivity index (χ4v) is 5.46. The number of hydrogen-bond acceptors (Lipinski definition) is 3. The van der Waals surface area contributed by atoms with Crippen LogP contribution in [0.4, 0.5) is 0 Å². The van der Waals surface area contributed by atoms with Gasteiger partial charge in [-0.05, 0) is 55.2 Å². The van der Waals surface area contributed by atoms with Crippen molar-refractivity contribution in [1.29, 1.82) is 0 Å². The Morgan fingerprint density at radius 1 is 1.16 bits per heavy atom. The molecule has 1 fully saturated rings. The molecular formula is C24H27BrCl2N2O2S. The van der Waals surface area contributed by atoms with Crippen molar-refractivity contribution in [3.05, 3.63) is 68.1 Å². The molecule has 0 radical (unpaired) electrons. The molecule has 32 heavy (non-hydrogen) atoms. The van der Waals surface area contributed by atoms with E-state index in [-0.39, 0.29) is 23.6 Å².